The molecule has 0 aliphatic carbocycles. The molecule has 2 nitrogen and oxygen atoms in total. The summed E-state index contributed by atoms with van der Waals surface area (Å²) in [4.78, 5) is 2.11. The molecule has 0 aromatic heterocycles. The zero-order valence-corrected chi connectivity index (χ0v) is 12.3. The van der Waals surface area contributed by atoms with E-state index in [4.69, 9.17) is 5.73 Å². The van der Waals surface area contributed by atoms with Crippen molar-refractivity contribution in [1.29, 1.82) is 0 Å². The van der Waals surface area contributed by atoms with Crippen LogP contribution in [0.4, 0.5) is 15.8 Å². The predicted octanol–water partition coefficient (Wildman–Crippen LogP) is 4.32. The Hall–Kier alpha value is -1.87. The average molecular weight is 284 g/mol. The molecule has 0 bridgehead atoms. The number of anilines is 2. The lowest BCUT2D eigenvalue weighted by atomic mass is 10.0. The molecular weight excluding hydrogens is 263 g/mol. The second-order valence-electron chi connectivity index (χ2n) is 5.70. The predicted molar refractivity (Wildman–Crippen MR) is 85.4 cm³/mol. The van der Waals surface area contributed by atoms with Gasteiger partial charge in [0, 0.05) is 18.3 Å². The summed E-state index contributed by atoms with van der Waals surface area (Å²) in [6.45, 7) is 2.74. The topological polar surface area (TPSA) is 29.3 Å². The van der Waals surface area contributed by atoms with Crippen molar-refractivity contribution in [3.05, 3.63) is 59.4 Å². The first-order chi connectivity index (χ1) is 10.2. The highest BCUT2D eigenvalue weighted by Crippen LogP contribution is 2.37. The maximum absolute atomic E-state index is 14.5. The number of fused-ring (bicyclic) bond motifs is 1. The van der Waals surface area contributed by atoms with Crippen LogP contribution in [0.3, 0.4) is 0 Å². The minimum absolute atomic E-state index is 0.189. The fourth-order valence-electron chi connectivity index (χ4n) is 3.11. The Morgan fingerprint density at radius 2 is 1.90 bits per heavy atom. The lowest BCUT2D eigenvalue weighted by Gasteiger charge is -2.28. The molecule has 0 saturated heterocycles. The quantitative estimate of drug-likeness (QED) is 0.890. The molecule has 1 atom stereocenters. The summed E-state index contributed by atoms with van der Waals surface area (Å²) in [6, 6.07) is 13.3. The maximum atomic E-state index is 14.5. The molecule has 1 aliphatic rings. The molecule has 2 aromatic rings. The van der Waals surface area contributed by atoms with Gasteiger partial charge < -0.3 is 10.6 Å². The van der Waals surface area contributed by atoms with Gasteiger partial charge in [0.25, 0.3) is 0 Å². The monoisotopic (exact) mass is 284 g/mol. The van der Waals surface area contributed by atoms with Gasteiger partial charge in [-0.25, -0.2) is 4.39 Å². The highest BCUT2D eigenvalue weighted by molar-refractivity contribution is 5.70. The van der Waals surface area contributed by atoms with E-state index in [2.05, 4.69) is 23.1 Å². The van der Waals surface area contributed by atoms with E-state index in [-0.39, 0.29) is 11.9 Å². The Morgan fingerprint density at radius 1 is 1.10 bits per heavy atom. The fraction of sp³-hybridized carbons (Fsp3) is 0.333. The second-order valence-corrected chi connectivity index (χ2v) is 5.70. The van der Waals surface area contributed by atoms with Crippen LogP contribution in [0.15, 0.2) is 42.5 Å². The first-order valence-electron chi connectivity index (χ1n) is 7.58. The van der Waals surface area contributed by atoms with Gasteiger partial charge in [-0.3, -0.25) is 0 Å². The molecule has 0 saturated carbocycles. The van der Waals surface area contributed by atoms with E-state index in [9.17, 15) is 4.39 Å². The van der Waals surface area contributed by atoms with Crippen LogP contribution >= 0.6 is 0 Å². The summed E-state index contributed by atoms with van der Waals surface area (Å²) in [6.07, 6.45) is 3.24. The molecule has 110 valence electrons. The van der Waals surface area contributed by atoms with Crippen LogP contribution in [-0.4, -0.2) is 6.54 Å². The third kappa shape index (κ3) is 2.66. The zero-order valence-electron chi connectivity index (χ0n) is 12.3. The molecule has 21 heavy (non-hydrogen) atoms. The van der Waals surface area contributed by atoms with E-state index in [1.54, 1.807) is 6.07 Å². The van der Waals surface area contributed by atoms with Crippen LogP contribution in [0.2, 0.25) is 0 Å². The Bertz CT molecular complexity index is 637. The minimum atomic E-state index is -0.193. The van der Waals surface area contributed by atoms with E-state index in [0.717, 1.165) is 37.1 Å². The van der Waals surface area contributed by atoms with Gasteiger partial charge in [-0.1, -0.05) is 30.3 Å². The fourth-order valence-corrected chi connectivity index (χ4v) is 3.11. The largest absolute Gasteiger partial charge is 0.339 e. The van der Waals surface area contributed by atoms with E-state index >= 15 is 0 Å². The number of benzene rings is 2. The van der Waals surface area contributed by atoms with Crippen molar-refractivity contribution in [1.82, 2.24) is 0 Å². The number of halogens is 1. The summed E-state index contributed by atoms with van der Waals surface area (Å²) < 4.78 is 14.5. The van der Waals surface area contributed by atoms with Gasteiger partial charge in [-0.15, -0.1) is 0 Å². The summed E-state index contributed by atoms with van der Waals surface area (Å²) in [5.41, 5.74) is 9.96. The van der Waals surface area contributed by atoms with Gasteiger partial charge >= 0.3 is 0 Å². The molecule has 1 heterocycles. The van der Waals surface area contributed by atoms with Gasteiger partial charge in [0.1, 0.15) is 5.82 Å². The molecule has 0 radical (unpaired) electrons. The first-order valence-corrected chi connectivity index (χ1v) is 7.58. The normalized spacial score (nSPS) is 16.2. The summed E-state index contributed by atoms with van der Waals surface area (Å²) in [7, 11) is 0. The van der Waals surface area contributed by atoms with Crippen LogP contribution in [0.25, 0.3) is 0 Å². The highest BCUT2D eigenvalue weighted by atomic mass is 19.1. The number of hydrogen-bond donors (Lipinski definition) is 1. The molecular formula is C18H21FN2. The zero-order chi connectivity index (χ0) is 14.8. The Morgan fingerprint density at radius 3 is 2.71 bits per heavy atom. The third-order valence-electron chi connectivity index (χ3n) is 4.14. The highest BCUT2D eigenvalue weighted by Gasteiger charge is 2.22. The number of rotatable bonds is 2. The van der Waals surface area contributed by atoms with Gasteiger partial charge in [-0.2, -0.15) is 0 Å². The van der Waals surface area contributed by atoms with Crippen LogP contribution in [-0.2, 0) is 6.42 Å². The molecule has 3 rings (SSSR count). The maximum Gasteiger partial charge on any atom is 0.147 e. The number of nitrogens with zero attached hydrogens (tertiary/aromatic N) is 1. The Kier molecular flexibility index (Phi) is 3.93. The van der Waals surface area contributed by atoms with Crippen molar-refractivity contribution < 1.29 is 4.39 Å². The van der Waals surface area contributed by atoms with Crippen LogP contribution < -0.4 is 10.6 Å². The van der Waals surface area contributed by atoms with Gasteiger partial charge in [0.2, 0.25) is 0 Å². The standard InChI is InChI=1S/C18H21FN2/c1-13(20)15-9-6-10-16(19)18(15)21-12-5-4-8-14-7-2-3-11-17(14)21/h2-3,6-7,9-11,13H,4-5,8,12,20H2,1H3. The molecule has 0 amide bonds. The van der Waals surface area contributed by atoms with Crippen molar-refractivity contribution in [2.24, 2.45) is 5.73 Å². The number of aryl methyl sites for hydroxylation is 1. The lowest BCUT2D eigenvalue weighted by molar-refractivity contribution is 0.617. The molecule has 0 fully saturated rings. The first kappa shape index (κ1) is 14.1. The number of para-hydroxylation sites is 2. The van der Waals surface area contributed by atoms with E-state index in [1.807, 2.05) is 19.1 Å². The molecule has 0 spiro atoms. The third-order valence-corrected chi connectivity index (χ3v) is 4.14. The SMILES string of the molecule is CC(N)c1cccc(F)c1N1CCCCc2ccccc21. The Labute approximate surface area is 125 Å². The second kappa shape index (κ2) is 5.86. The number of nitrogens with two attached hydrogens (primary N) is 1. The summed E-state index contributed by atoms with van der Waals surface area (Å²) in [5.74, 6) is -0.193. The van der Waals surface area contributed by atoms with E-state index in [0.29, 0.717) is 5.69 Å². The number of hydrogen-bond acceptors (Lipinski definition) is 2. The van der Waals surface area contributed by atoms with E-state index in [1.165, 1.54) is 11.6 Å². The van der Waals surface area contributed by atoms with Gasteiger partial charge in [-0.05, 0) is 49.4 Å². The molecule has 1 aliphatic heterocycles. The molecule has 2 N–H and O–H groups in total. The van der Waals surface area contributed by atoms with Gasteiger partial charge in [0.05, 0.1) is 5.69 Å². The average Bonchev–Trinajstić information content (AvgIpc) is 2.69. The van der Waals surface area contributed by atoms with Crippen molar-refractivity contribution in [3.8, 4) is 0 Å². The summed E-state index contributed by atoms with van der Waals surface area (Å²) in [5, 5.41) is 0. The van der Waals surface area contributed by atoms with Crippen molar-refractivity contribution >= 4 is 11.4 Å². The van der Waals surface area contributed by atoms with E-state index < -0.39 is 0 Å². The minimum Gasteiger partial charge on any atom is -0.339 e. The van der Waals surface area contributed by atoms with Crippen molar-refractivity contribution in [2.45, 2.75) is 32.2 Å². The Balaban J connectivity index is 2.17. The molecule has 3 heteroatoms. The van der Waals surface area contributed by atoms with Crippen LogP contribution in [0.1, 0.15) is 36.9 Å². The lowest BCUT2D eigenvalue weighted by Crippen LogP contribution is -2.22. The van der Waals surface area contributed by atoms with Gasteiger partial charge in [0.15, 0.2) is 0 Å². The molecule has 2 aromatic carbocycles. The van der Waals surface area contributed by atoms with Crippen LogP contribution in [0, 0.1) is 5.82 Å². The summed E-state index contributed by atoms with van der Waals surface area (Å²) >= 11 is 0. The van der Waals surface area contributed by atoms with Crippen LogP contribution in [0.5, 0.6) is 0 Å². The van der Waals surface area contributed by atoms with Crippen molar-refractivity contribution in [2.75, 3.05) is 11.4 Å². The van der Waals surface area contributed by atoms with Crippen molar-refractivity contribution in [3.63, 3.8) is 0 Å². The smallest absolute Gasteiger partial charge is 0.147 e. The molecule has 1 unspecified atom stereocenters.